The second kappa shape index (κ2) is 8.11. The summed E-state index contributed by atoms with van der Waals surface area (Å²) in [5, 5.41) is 12.2. The molecule has 0 bridgehead atoms. The van der Waals surface area contributed by atoms with Crippen LogP contribution in [0, 0.1) is 0 Å². The molecule has 1 saturated heterocycles. The Morgan fingerprint density at radius 3 is 2.33 bits per heavy atom. The molecule has 0 atom stereocenters. The van der Waals surface area contributed by atoms with Crippen molar-refractivity contribution in [2.24, 2.45) is 0 Å². The van der Waals surface area contributed by atoms with Gasteiger partial charge in [0.2, 0.25) is 5.91 Å². The van der Waals surface area contributed by atoms with Crippen molar-refractivity contribution in [1.29, 1.82) is 0 Å². The van der Waals surface area contributed by atoms with Crippen LogP contribution in [0.2, 0.25) is 0 Å². The highest BCUT2D eigenvalue weighted by atomic mass is 32.2. The van der Waals surface area contributed by atoms with Gasteiger partial charge in [-0.05, 0) is 67.8 Å². The van der Waals surface area contributed by atoms with Gasteiger partial charge in [-0.15, -0.1) is 11.8 Å². The van der Waals surface area contributed by atoms with Crippen LogP contribution in [0.15, 0.2) is 53.4 Å². The van der Waals surface area contributed by atoms with Crippen LogP contribution >= 0.6 is 11.8 Å². The Labute approximate surface area is 146 Å². The predicted octanol–water partition coefficient (Wildman–Crippen LogP) is 4.11. The minimum Gasteiger partial charge on any atom is -0.508 e. The summed E-state index contributed by atoms with van der Waals surface area (Å²) in [4.78, 5) is 15.4. The van der Waals surface area contributed by atoms with Gasteiger partial charge in [0.15, 0.2) is 0 Å². The molecule has 1 aliphatic heterocycles. The fourth-order valence-electron chi connectivity index (χ4n) is 2.80. The van der Waals surface area contributed by atoms with E-state index in [0.717, 1.165) is 23.7 Å². The molecule has 0 radical (unpaired) electrons. The second-order valence-electron chi connectivity index (χ2n) is 5.93. The first kappa shape index (κ1) is 16.7. The number of amides is 1. The third kappa shape index (κ3) is 4.68. The van der Waals surface area contributed by atoms with E-state index in [-0.39, 0.29) is 11.7 Å². The Morgan fingerprint density at radius 2 is 1.67 bits per heavy atom. The molecule has 1 aliphatic rings. The maximum absolute atomic E-state index is 12.0. The number of rotatable bonds is 5. The van der Waals surface area contributed by atoms with Crippen LogP contribution in [0.25, 0.3) is 0 Å². The maximum Gasteiger partial charge on any atom is 0.234 e. The number of anilines is 2. The van der Waals surface area contributed by atoms with Crippen LogP contribution in [-0.4, -0.2) is 29.9 Å². The van der Waals surface area contributed by atoms with Crippen LogP contribution in [0.3, 0.4) is 0 Å². The van der Waals surface area contributed by atoms with Gasteiger partial charge in [-0.3, -0.25) is 4.79 Å². The fraction of sp³-hybridized carbons (Fsp3) is 0.316. The molecular weight excluding hydrogens is 320 g/mol. The van der Waals surface area contributed by atoms with Crippen molar-refractivity contribution in [3.8, 4) is 5.75 Å². The zero-order chi connectivity index (χ0) is 16.8. The Morgan fingerprint density at radius 1 is 1.00 bits per heavy atom. The molecule has 126 valence electrons. The number of phenols is 1. The Hall–Kier alpha value is -2.14. The quantitative estimate of drug-likeness (QED) is 0.803. The highest BCUT2D eigenvalue weighted by Gasteiger charge is 2.11. The third-order valence-corrected chi connectivity index (χ3v) is 5.09. The highest BCUT2D eigenvalue weighted by Crippen LogP contribution is 2.23. The van der Waals surface area contributed by atoms with Crippen LogP contribution in [0.5, 0.6) is 5.75 Å². The average molecular weight is 342 g/mol. The first-order valence-electron chi connectivity index (χ1n) is 8.27. The lowest BCUT2D eigenvalue weighted by molar-refractivity contribution is -0.113. The van der Waals surface area contributed by atoms with E-state index in [0.29, 0.717) is 5.75 Å². The van der Waals surface area contributed by atoms with E-state index in [4.69, 9.17) is 0 Å². The second-order valence-corrected chi connectivity index (χ2v) is 6.97. The smallest absolute Gasteiger partial charge is 0.234 e. The largest absolute Gasteiger partial charge is 0.508 e. The molecule has 1 fully saturated rings. The number of nitrogens with zero attached hydrogens (tertiary/aromatic N) is 1. The van der Waals surface area contributed by atoms with Gasteiger partial charge < -0.3 is 15.3 Å². The number of thioether (sulfide) groups is 1. The molecule has 0 unspecified atom stereocenters. The summed E-state index contributed by atoms with van der Waals surface area (Å²) >= 11 is 1.45. The van der Waals surface area contributed by atoms with E-state index in [2.05, 4.69) is 22.3 Å². The Balaban J connectivity index is 1.49. The highest BCUT2D eigenvalue weighted by molar-refractivity contribution is 8.00. The summed E-state index contributed by atoms with van der Waals surface area (Å²) in [6.07, 6.45) is 3.84. The molecule has 24 heavy (non-hydrogen) atoms. The summed E-state index contributed by atoms with van der Waals surface area (Å²) in [6, 6.07) is 14.9. The van der Waals surface area contributed by atoms with E-state index >= 15 is 0 Å². The summed E-state index contributed by atoms with van der Waals surface area (Å²) in [5.74, 6) is 0.551. The van der Waals surface area contributed by atoms with Crippen LogP contribution in [0.1, 0.15) is 19.3 Å². The van der Waals surface area contributed by atoms with Gasteiger partial charge in [-0.1, -0.05) is 0 Å². The van der Waals surface area contributed by atoms with E-state index < -0.39 is 0 Å². The first-order chi connectivity index (χ1) is 11.7. The lowest BCUT2D eigenvalue weighted by Gasteiger charge is -2.28. The number of carbonyl (C=O) groups is 1. The number of phenolic OH excluding ortho intramolecular Hbond substituents is 1. The zero-order valence-corrected chi connectivity index (χ0v) is 14.4. The molecular formula is C19H22N2O2S. The standard InChI is InChI=1S/C19H22N2O2S/c22-17-8-10-18(11-9-17)24-14-19(23)20-15-4-6-16(7-5-15)21-12-2-1-3-13-21/h4-11,22H,1-3,12-14H2,(H,20,23). The third-order valence-electron chi connectivity index (χ3n) is 4.08. The number of aromatic hydroxyl groups is 1. The molecule has 1 amide bonds. The molecule has 2 N–H and O–H groups in total. The monoisotopic (exact) mass is 342 g/mol. The van der Waals surface area contributed by atoms with Crippen molar-refractivity contribution in [3.63, 3.8) is 0 Å². The summed E-state index contributed by atoms with van der Waals surface area (Å²) in [5.41, 5.74) is 2.05. The molecule has 0 saturated carbocycles. The minimum absolute atomic E-state index is 0.0289. The molecule has 4 nitrogen and oxygen atoms in total. The predicted molar refractivity (Wildman–Crippen MR) is 100.0 cm³/mol. The van der Waals surface area contributed by atoms with Crippen molar-refractivity contribution in [1.82, 2.24) is 0 Å². The van der Waals surface area contributed by atoms with Gasteiger partial charge in [0, 0.05) is 29.4 Å². The van der Waals surface area contributed by atoms with Crippen molar-refractivity contribution in [2.75, 3.05) is 29.1 Å². The van der Waals surface area contributed by atoms with Gasteiger partial charge in [-0.2, -0.15) is 0 Å². The van der Waals surface area contributed by atoms with Gasteiger partial charge >= 0.3 is 0 Å². The van der Waals surface area contributed by atoms with E-state index in [9.17, 15) is 9.90 Å². The normalized spacial score (nSPS) is 14.4. The maximum atomic E-state index is 12.0. The van der Waals surface area contributed by atoms with Gasteiger partial charge in [0.05, 0.1) is 5.75 Å². The number of hydrogen-bond acceptors (Lipinski definition) is 4. The Bertz CT molecular complexity index is 665. The lowest BCUT2D eigenvalue weighted by atomic mass is 10.1. The van der Waals surface area contributed by atoms with Crippen molar-refractivity contribution in [3.05, 3.63) is 48.5 Å². The summed E-state index contributed by atoms with van der Waals surface area (Å²) < 4.78 is 0. The van der Waals surface area contributed by atoms with Gasteiger partial charge in [0.25, 0.3) is 0 Å². The molecule has 0 aliphatic carbocycles. The number of nitrogens with one attached hydrogen (secondary N) is 1. The number of hydrogen-bond donors (Lipinski definition) is 2. The van der Waals surface area contributed by atoms with Crippen LogP contribution in [0.4, 0.5) is 11.4 Å². The van der Waals surface area contributed by atoms with E-state index in [1.807, 2.05) is 12.1 Å². The average Bonchev–Trinajstić information content (AvgIpc) is 2.63. The van der Waals surface area contributed by atoms with Gasteiger partial charge in [-0.25, -0.2) is 0 Å². The summed E-state index contributed by atoms with van der Waals surface area (Å²) in [7, 11) is 0. The molecule has 5 heteroatoms. The molecule has 0 aromatic heterocycles. The fourth-order valence-corrected chi connectivity index (χ4v) is 3.49. The molecule has 1 heterocycles. The molecule has 2 aromatic rings. The van der Waals surface area contributed by atoms with Crippen LogP contribution < -0.4 is 10.2 Å². The topological polar surface area (TPSA) is 52.6 Å². The minimum atomic E-state index is -0.0289. The number of carbonyl (C=O) groups excluding carboxylic acids is 1. The SMILES string of the molecule is O=C(CSc1ccc(O)cc1)Nc1ccc(N2CCCCC2)cc1. The number of piperidine rings is 1. The van der Waals surface area contributed by atoms with Gasteiger partial charge in [0.1, 0.15) is 5.75 Å². The van der Waals surface area contributed by atoms with Crippen LogP contribution in [-0.2, 0) is 4.79 Å². The van der Waals surface area contributed by atoms with Crippen molar-refractivity contribution < 1.29 is 9.90 Å². The van der Waals surface area contributed by atoms with E-state index in [1.54, 1.807) is 24.3 Å². The molecule has 2 aromatic carbocycles. The summed E-state index contributed by atoms with van der Waals surface area (Å²) in [6.45, 7) is 2.24. The first-order valence-corrected chi connectivity index (χ1v) is 9.26. The van der Waals surface area contributed by atoms with Crippen molar-refractivity contribution >= 4 is 29.0 Å². The zero-order valence-electron chi connectivity index (χ0n) is 13.6. The van der Waals surface area contributed by atoms with E-state index in [1.165, 1.54) is 36.7 Å². The molecule has 0 spiro atoms. The Kier molecular flexibility index (Phi) is 5.64. The molecule has 3 rings (SSSR count). The van der Waals surface area contributed by atoms with Crippen molar-refractivity contribution in [2.45, 2.75) is 24.2 Å². The number of benzene rings is 2. The lowest BCUT2D eigenvalue weighted by Crippen LogP contribution is -2.29.